The first-order valence-electron chi connectivity index (χ1n) is 6.27. The zero-order valence-electron chi connectivity index (χ0n) is 11.5. The highest BCUT2D eigenvalue weighted by Crippen LogP contribution is 2.22. The van der Waals surface area contributed by atoms with E-state index in [-0.39, 0.29) is 0 Å². The van der Waals surface area contributed by atoms with Crippen LogP contribution < -0.4 is 10.6 Å². The normalized spacial score (nSPS) is 17.1. The summed E-state index contributed by atoms with van der Waals surface area (Å²) >= 11 is 0. The molecule has 1 aliphatic rings. The van der Waals surface area contributed by atoms with Crippen LogP contribution in [-0.4, -0.2) is 36.9 Å². The number of nitrogens with two attached hydrogens (primary N) is 1. The smallest absolute Gasteiger partial charge is 0.316 e. The minimum atomic E-state index is -0.478. The fraction of sp³-hybridized carbons (Fsp3) is 0.429. The van der Waals surface area contributed by atoms with Crippen LogP contribution in [0.25, 0.3) is 0 Å². The van der Waals surface area contributed by atoms with Crippen molar-refractivity contribution in [2.45, 2.75) is 19.4 Å². The van der Waals surface area contributed by atoms with E-state index < -0.39 is 17.4 Å². The molecule has 2 rings (SSSR count). The van der Waals surface area contributed by atoms with Gasteiger partial charge in [0.2, 0.25) is 0 Å². The van der Waals surface area contributed by atoms with E-state index in [0.717, 1.165) is 11.3 Å². The van der Waals surface area contributed by atoms with E-state index in [1.165, 1.54) is 9.80 Å². The molecule has 0 spiro atoms. The number of carbonyl (C=O) groups is 2. The van der Waals surface area contributed by atoms with E-state index in [0.29, 0.717) is 13.1 Å². The van der Waals surface area contributed by atoms with E-state index >= 15 is 0 Å². The molecule has 0 bridgehead atoms. The highest BCUT2D eigenvalue weighted by Gasteiger charge is 2.31. The van der Waals surface area contributed by atoms with Gasteiger partial charge in [-0.1, -0.05) is 12.1 Å². The molecule has 1 fully saturated rings. The van der Waals surface area contributed by atoms with Crippen molar-refractivity contribution < 1.29 is 9.59 Å². The maximum Gasteiger partial charge on any atom is 0.316 e. The van der Waals surface area contributed by atoms with Gasteiger partial charge >= 0.3 is 11.8 Å². The summed E-state index contributed by atoms with van der Waals surface area (Å²) in [5.41, 5.74) is 7.32. The second kappa shape index (κ2) is 4.66. The van der Waals surface area contributed by atoms with Crippen molar-refractivity contribution in [3.8, 4) is 0 Å². The van der Waals surface area contributed by atoms with Gasteiger partial charge in [-0.25, -0.2) is 0 Å². The second-order valence-corrected chi connectivity index (χ2v) is 5.45. The van der Waals surface area contributed by atoms with Crippen molar-refractivity contribution in [2.24, 2.45) is 5.73 Å². The monoisotopic (exact) mass is 261 g/mol. The summed E-state index contributed by atoms with van der Waals surface area (Å²) in [5.74, 6) is -0.942. The molecule has 19 heavy (non-hydrogen) atoms. The highest BCUT2D eigenvalue weighted by molar-refractivity contribution is 6.40. The van der Waals surface area contributed by atoms with Crippen molar-refractivity contribution in [1.82, 2.24) is 4.90 Å². The van der Waals surface area contributed by atoms with Crippen LogP contribution >= 0.6 is 0 Å². The molecule has 0 aliphatic carbocycles. The van der Waals surface area contributed by atoms with Crippen LogP contribution in [0.1, 0.15) is 19.4 Å². The van der Waals surface area contributed by atoms with Crippen LogP contribution in [0.5, 0.6) is 0 Å². The number of piperazine rings is 1. The van der Waals surface area contributed by atoms with Crippen molar-refractivity contribution in [2.75, 3.05) is 25.0 Å². The molecule has 0 unspecified atom stereocenters. The molecule has 5 heteroatoms. The molecule has 1 aromatic rings. The fourth-order valence-corrected chi connectivity index (χ4v) is 2.05. The lowest BCUT2D eigenvalue weighted by Crippen LogP contribution is -2.53. The molecule has 0 saturated carbocycles. The minimum absolute atomic E-state index is 0.416. The number of benzene rings is 1. The largest absolute Gasteiger partial charge is 0.336 e. The Labute approximate surface area is 113 Å². The predicted octanol–water partition coefficient (Wildman–Crippen LogP) is 0.685. The Hall–Kier alpha value is -1.88. The number of anilines is 1. The molecule has 5 nitrogen and oxygen atoms in total. The van der Waals surface area contributed by atoms with Crippen LogP contribution in [0, 0.1) is 0 Å². The van der Waals surface area contributed by atoms with Crippen molar-refractivity contribution in [3.05, 3.63) is 29.8 Å². The Morgan fingerprint density at radius 2 is 1.63 bits per heavy atom. The number of carbonyl (C=O) groups excluding carboxylic acids is 2. The number of hydrogen-bond acceptors (Lipinski definition) is 3. The molecule has 0 aromatic heterocycles. The van der Waals surface area contributed by atoms with Gasteiger partial charge in [0.15, 0.2) is 0 Å². The Morgan fingerprint density at radius 3 is 2.16 bits per heavy atom. The van der Waals surface area contributed by atoms with Gasteiger partial charge in [0.25, 0.3) is 0 Å². The first-order chi connectivity index (χ1) is 8.80. The first kappa shape index (κ1) is 13.5. The first-order valence-corrected chi connectivity index (χ1v) is 6.27. The molecule has 2 amide bonds. The van der Waals surface area contributed by atoms with Crippen molar-refractivity contribution >= 4 is 17.5 Å². The summed E-state index contributed by atoms with van der Waals surface area (Å²) in [7, 11) is 1.64. The van der Waals surface area contributed by atoms with Crippen LogP contribution in [0.4, 0.5) is 5.69 Å². The molecule has 102 valence electrons. The lowest BCUT2D eigenvalue weighted by Gasteiger charge is -2.31. The lowest BCUT2D eigenvalue weighted by atomic mass is 9.95. The summed E-state index contributed by atoms with van der Waals surface area (Å²) in [6.07, 6.45) is 0. The van der Waals surface area contributed by atoms with Crippen LogP contribution in [0.2, 0.25) is 0 Å². The van der Waals surface area contributed by atoms with Crippen molar-refractivity contribution in [1.29, 1.82) is 0 Å². The standard InChI is InChI=1S/C14H19N3O2/c1-14(2,15)10-4-6-11(7-5-10)17-9-8-16(3)12(18)13(17)19/h4-7H,8-9,15H2,1-3H3. The highest BCUT2D eigenvalue weighted by atomic mass is 16.2. The second-order valence-electron chi connectivity index (χ2n) is 5.45. The van der Waals surface area contributed by atoms with E-state index in [9.17, 15) is 9.59 Å². The van der Waals surface area contributed by atoms with Crippen molar-refractivity contribution in [3.63, 3.8) is 0 Å². The average Bonchev–Trinajstić information content (AvgIpc) is 2.35. The Bertz CT molecular complexity index is 502. The average molecular weight is 261 g/mol. The number of rotatable bonds is 2. The zero-order valence-corrected chi connectivity index (χ0v) is 11.5. The SMILES string of the molecule is CN1CCN(c2ccc(C(C)(C)N)cc2)C(=O)C1=O. The van der Waals surface area contributed by atoms with Gasteiger partial charge in [-0.2, -0.15) is 0 Å². The third-order valence-electron chi connectivity index (χ3n) is 3.36. The number of likely N-dealkylation sites (N-methyl/N-ethyl adjacent to an activating group) is 1. The molecule has 2 N–H and O–H groups in total. The minimum Gasteiger partial charge on any atom is -0.336 e. The molecule has 1 aromatic carbocycles. The van der Waals surface area contributed by atoms with Crippen LogP contribution in [-0.2, 0) is 15.1 Å². The molecule has 0 radical (unpaired) electrons. The van der Waals surface area contributed by atoms with Gasteiger partial charge < -0.3 is 15.5 Å². The maximum atomic E-state index is 11.9. The Balaban J connectivity index is 2.24. The van der Waals surface area contributed by atoms with Gasteiger partial charge in [0, 0.05) is 31.4 Å². The quantitative estimate of drug-likeness (QED) is 0.796. The number of amides is 2. The number of hydrogen-bond donors (Lipinski definition) is 1. The van der Waals surface area contributed by atoms with E-state index in [1.807, 2.05) is 38.1 Å². The molecule has 0 atom stereocenters. The molecule has 1 saturated heterocycles. The number of nitrogens with zero attached hydrogens (tertiary/aromatic N) is 2. The maximum absolute atomic E-state index is 11.9. The predicted molar refractivity (Wildman–Crippen MR) is 73.6 cm³/mol. The summed E-state index contributed by atoms with van der Waals surface area (Å²) in [6.45, 7) is 4.92. The van der Waals surface area contributed by atoms with Crippen LogP contribution in [0.15, 0.2) is 24.3 Å². The van der Waals surface area contributed by atoms with Gasteiger partial charge in [-0.15, -0.1) is 0 Å². The van der Waals surface area contributed by atoms with Gasteiger partial charge in [0.05, 0.1) is 0 Å². The Morgan fingerprint density at radius 1 is 1.05 bits per heavy atom. The fourth-order valence-electron chi connectivity index (χ4n) is 2.05. The third-order valence-corrected chi connectivity index (χ3v) is 3.36. The molecule has 1 aliphatic heterocycles. The Kier molecular flexibility index (Phi) is 3.32. The van der Waals surface area contributed by atoms with E-state index in [2.05, 4.69) is 0 Å². The lowest BCUT2D eigenvalue weighted by molar-refractivity contribution is -0.145. The summed E-state index contributed by atoms with van der Waals surface area (Å²) in [6, 6.07) is 7.46. The molecule has 1 heterocycles. The molecular weight excluding hydrogens is 242 g/mol. The van der Waals surface area contributed by atoms with E-state index in [4.69, 9.17) is 5.73 Å². The topological polar surface area (TPSA) is 66.6 Å². The van der Waals surface area contributed by atoms with Gasteiger partial charge in [-0.3, -0.25) is 9.59 Å². The van der Waals surface area contributed by atoms with E-state index in [1.54, 1.807) is 7.05 Å². The molecular formula is C14H19N3O2. The third kappa shape index (κ3) is 2.61. The summed E-state index contributed by atoms with van der Waals surface area (Å²) in [5, 5.41) is 0. The van der Waals surface area contributed by atoms with Crippen LogP contribution in [0.3, 0.4) is 0 Å². The zero-order chi connectivity index (χ0) is 14.2. The summed E-state index contributed by atoms with van der Waals surface area (Å²) < 4.78 is 0. The van der Waals surface area contributed by atoms with Gasteiger partial charge in [-0.05, 0) is 31.5 Å². The summed E-state index contributed by atoms with van der Waals surface area (Å²) in [4.78, 5) is 26.5. The van der Waals surface area contributed by atoms with Gasteiger partial charge in [0.1, 0.15) is 0 Å².